The number of benzene rings is 1. The minimum atomic E-state index is -0.800. The molecule has 0 aliphatic carbocycles. The average Bonchev–Trinajstić information content (AvgIpc) is 3.06. The van der Waals surface area contributed by atoms with Gasteiger partial charge >= 0.3 is 0 Å². The van der Waals surface area contributed by atoms with Crippen molar-refractivity contribution >= 4 is 0 Å². The Labute approximate surface area is 141 Å². The molecule has 1 N–H and O–H groups in total. The second-order valence-corrected chi connectivity index (χ2v) is 6.52. The molecule has 3 aliphatic rings. The number of ether oxygens (including phenoxy) is 5. The van der Waals surface area contributed by atoms with Crippen LogP contribution in [0.2, 0.25) is 0 Å². The van der Waals surface area contributed by atoms with Crippen LogP contribution in [0.1, 0.15) is 24.8 Å². The lowest BCUT2D eigenvalue weighted by Crippen LogP contribution is -2.56. The van der Waals surface area contributed by atoms with E-state index in [1.165, 1.54) is 0 Å². The third-order valence-corrected chi connectivity index (χ3v) is 4.77. The van der Waals surface area contributed by atoms with Gasteiger partial charge < -0.3 is 28.8 Å². The lowest BCUT2D eigenvalue weighted by Gasteiger charge is -2.39. The van der Waals surface area contributed by atoms with Gasteiger partial charge in [-0.15, -0.1) is 0 Å². The van der Waals surface area contributed by atoms with Crippen LogP contribution < -0.4 is 0 Å². The smallest absolute Gasteiger partial charge is 0.187 e. The van der Waals surface area contributed by atoms with Gasteiger partial charge in [-0.2, -0.15) is 0 Å². The Morgan fingerprint density at radius 3 is 2.75 bits per heavy atom. The molecule has 0 saturated carbocycles. The van der Waals surface area contributed by atoms with Crippen LogP contribution in [0.3, 0.4) is 0 Å². The summed E-state index contributed by atoms with van der Waals surface area (Å²) in [4.78, 5) is 0. The average molecular weight is 336 g/mol. The summed E-state index contributed by atoms with van der Waals surface area (Å²) in [5.74, 6) is 0. The zero-order valence-corrected chi connectivity index (χ0v) is 13.6. The van der Waals surface area contributed by atoms with Crippen LogP contribution in [-0.2, 0) is 30.3 Å². The van der Waals surface area contributed by atoms with Crippen molar-refractivity contribution in [3.63, 3.8) is 0 Å². The first kappa shape index (κ1) is 16.4. The Morgan fingerprint density at radius 2 is 1.96 bits per heavy atom. The van der Waals surface area contributed by atoms with E-state index < -0.39 is 24.6 Å². The summed E-state index contributed by atoms with van der Waals surface area (Å²) in [6, 6.07) is 9.88. The van der Waals surface area contributed by atoms with E-state index in [1.807, 2.05) is 30.3 Å². The van der Waals surface area contributed by atoms with Crippen molar-refractivity contribution in [3.8, 4) is 0 Å². The fraction of sp³-hybridized carbons (Fsp3) is 0.667. The molecule has 2 bridgehead atoms. The lowest BCUT2D eigenvalue weighted by atomic mass is 10.0. The molecule has 0 aromatic heterocycles. The molecule has 6 nitrogen and oxygen atoms in total. The first-order valence-corrected chi connectivity index (χ1v) is 8.69. The molecule has 0 spiro atoms. The molecule has 0 amide bonds. The maximum Gasteiger partial charge on any atom is 0.187 e. The molecular formula is C18H24O6. The second-order valence-electron chi connectivity index (χ2n) is 6.52. The minimum absolute atomic E-state index is 0.263. The molecule has 3 fully saturated rings. The Bertz CT molecular complexity index is 518. The van der Waals surface area contributed by atoms with Crippen molar-refractivity contribution in [3.05, 3.63) is 35.9 Å². The van der Waals surface area contributed by atoms with Crippen LogP contribution in [0, 0.1) is 0 Å². The first-order valence-electron chi connectivity index (χ1n) is 8.69. The van der Waals surface area contributed by atoms with E-state index in [0.717, 1.165) is 24.8 Å². The highest BCUT2D eigenvalue weighted by atomic mass is 16.8. The molecule has 6 atom stereocenters. The van der Waals surface area contributed by atoms with E-state index in [9.17, 15) is 5.11 Å². The predicted octanol–water partition coefficient (Wildman–Crippen LogP) is 1.60. The summed E-state index contributed by atoms with van der Waals surface area (Å²) < 4.78 is 29.0. The monoisotopic (exact) mass is 336 g/mol. The van der Waals surface area contributed by atoms with Gasteiger partial charge in [-0.1, -0.05) is 30.3 Å². The molecule has 1 unspecified atom stereocenters. The molecule has 4 rings (SSSR count). The summed E-state index contributed by atoms with van der Waals surface area (Å²) in [6.07, 6.45) is -0.0409. The molecular weight excluding hydrogens is 312 g/mol. The van der Waals surface area contributed by atoms with Gasteiger partial charge in [0.2, 0.25) is 0 Å². The molecule has 6 heteroatoms. The molecule has 1 aromatic carbocycles. The zero-order valence-electron chi connectivity index (χ0n) is 13.6. The maximum absolute atomic E-state index is 10.8. The van der Waals surface area contributed by atoms with Gasteiger partial charge in [0, 0.05) is 6.61 Å². The number of hydrogen-bond donors (Lipinski definition) is 1. The van der Waals surface area contributed by atoms with Crippen molar-refractivity contribution < 1.29 is 28.8 Å². The number of hydrogen-bond acceptors (Lipinski definition) is 6. The molecule has 0 radical (unpaired) electrons. The largest absolute Gasteiger partial charge is 0.387 e. The van der Waals surface area contributed by atoms with Crippen molar-refractivity contribution in [2.45, 2.75) is 62.9 Å². The fourth-order valence-electron chi connectivity index (χ4n) is 3.46. The molecule has 132 valence electrons. The lowest BCUT2D eigenvalue weighted by molar-refractivity contribution is -0.296. The van der Waals surface area contributed by atoms with Crippen LogP contribution in [0.25, 0.3) is 0 Å². The Kier molecular flexibility index (Phi) is 5.12. The van der Waals surface area contributed by atoms with Crippen LogP contribution in [-0.4, -0.2) is 55.3 Å². The third kappa shape index (κ3) is 3.49. The van der Waals surface area contributed by atoms with Gasteiger partial charge in [-0.3, -0.25) is 0 Å². The highest BCUT2D eigenvalue weighted by molar-refractivity contribution is 5.13. The summed E-state index contributed by atoms with van der Waals surface area (Å²) >= 11 is 0. The van der Waals surface area contributed by atoms with E-state index in [0.29, 0.717) is 19.8 Å². The first-order chi connectivity index (χ1) is 11.8. The van der Waals surface area contributed by atoms with E-state index >= 15 is 0 Å². The number of aliphatic hydroxyl groups is 1. The van der Waals surface area contributed by atoms with Crippen molar-refractivity contribution in [1.29, 1.82) is 0 Å². The summed E-state index contributed by atoms with van der Waals surface area (Å²) in [7, 11) is 0. The number of aliphatic hydroxyl groups excluding tert-OH is 1. The van der Waals surface area contributed by atoms with Crippen molar-refractivity contribution in [1.82, 2.24) is 0 Å². The van der Waals surface area contributed by atoms with E-state index in [2.05, 4.69) is 0 Å². The molecule has 3 saturated heterocycles. The normalized spacial score (nSPS) is 39.0. The summed E-state index contributed by atoms with van der Waals surface area (Å²) in [5.41, 5.74) is 1.05. The van der Waals surface area contributed by atoms with Gasteiger partial charge in [-0.05, 0) is 24.8 Å². The molecule has 3 heterocycles. The SMILES string of the molecule is O[C@@H]1[C@@H](OC2CCCCO2)[C@@H]2OC[C@@H](O2)[C@H]1OCc1ccccc1. The minimum Gasteiger partial charge on any atom is -0.387 e. The van der Waals surface area contributed by atoms with E-state index in [1.54, 1.807) is 0 Å². The number of fused-ring (bicyclic) bond motifs is 2. The Hall–Kier alpha value is -1.02. The van der Waals surface area contributed by atoms with E-state index in [-0.39, 0.29) is 12.4 Å². The van der Waals surface area contributed by atoms with Crippen LogP contribution in [0.5, 0.6) is 0 Å². The molecule has 24 heavy (non-hydrogen) atoms. The summed E-state index contributed by atoms with van der Waals surface area (Å²) in [6.45, 7) is 1.52. The standard InChI is InChI=1S/C18H24O6/c19-15-16(21-10-12-6-2-1-3-7-12)13-11-22-18(23-13)17(15)24-14-8-4-5-9-20-14/h1-3,6-7,13-19H,4-5,8-11H2/t13-,14?,15+,16-,17-,18-/m1/s1. The third-order valence-electron chi connectivity index (χ3n) is 4.77. The zero-order chi connectivity index (χ0) is 16.4. The van der Waals surface area contributed by atoms with Gasteiger partial charge in [0.1, 0.15) is 24.4 Å². The van der Waals surface area contributed by atoms with Gasteiger partial charge in [0.25, 0.3) is 0 Å². The van der Waals surface area contributed by atoms with Crippen LogP contribution in [0.15, 0.2) is 30.3 Å². The quantitative estimate of drug-likeness (QED) is 0.881. The highest BCUT2D eigenvalue weighted by Gasteiger charge is 2.52. The topological polar surface area (TPSA) is 66.4 Å². The predicted molar refractivity (Wildman–Crippen MR) is 84.1 cm³/mol. The van der Waals surface area contributed by atoms with Crippen molar-refractivity contribution in [2.24, 2.45) is 0 Å². The van der Waals surface area contributed by atoms with Crippen LogP contribution >= 0.6 is 0 Å². The summed E-state index contributed by atoms with van der Waals surface area (Å²) in [5, 5.41) is 10.8. The van der Waals surface area contributed by atoms with Gasteiger partial charge in [0.15, 0.2) is 12.6 Å². The maximum atomic E-state index is 10.8. The van der Waals surface area contributed by atoms with Crippen LogP contribution in [0.4, 0.5) is 0 Å². The van der Waals surface area contributed by atoms with Gasteiger partial charge in [-0.25, -0.2) is 0 Å². The number of rotatable bonds is 5. The molecule has 3 aliphatic heterocycles. The fourth-order valence-corrected chi connectivity index (χ4v) is 3.46. The highest BCUT2D eigenvalue weighted by Crippen LogP contribution is 2.33. The van der Waals surface area contributed by atoms with E-state index in [4.69, 9.17) is 23.7 Å². The van der Waals surface area contributed by atoms with Gasteiger partial charge in [0.05, 0.1) is 13.2 Å². The Balaban J connectivity index is 1.40. The second kappa shape index (κ2) is 7.47. The van der Waals surface area contributed by atoms with Crippen molar-refractivity contribution in [2.75, 3.05) is 13.2 Å². The molecule has 1 aromatic rings. The Morgan fingerprint density at radius 1 is 1.08 bits per heavy atom.